The molecular weight excluding hydrogens is 234 g/mol. The molecule has 0 radical (unpaired) electrons. The van der Waals surface area contributed by atoms with E-state index in [9.17, 15) is 0 Å². The van der Waals surface area contributed by atoms with Crippen LogP contribution in [0.1, 0.15) is 48.5 Å². The molecule has 18 heavy (non-hydrogen) atoms. The lowest BCUT2D eigenvalue weighted by Gasteiger charge is -2.46. The minimum absolute atomic E-state index is 0.253. The van der Waals surface area contributed by atoms with Crippen molar-refractivity contribution in [1.82, 2.24) is 4.90 Å². The molecule has 0 spiro atoms. The van der Waals surface area contributed by atoms with E-state index in [1.54, 1.807) is 0 Å². The highest BCUT2D eigenvalue weighted by molar-refractivity contribution is 6.77. The van der Waals surface area contributed by atoms with Crippen LogP contribution in [0, 0.1) is 0 Å². The molecule has 0 saturated carbocycles. The van der Waals surface area contributed by atoms with E-state index < -0.39 is 8.07 Å². The first-order chi connectivity index (χ1) is 7.90. The Kier molecular flexibility index (Phi) is 6.35. The van der Waals surface area contributed by atoms with Crippen LogP contribution in [0.25, 0.3) is 0 Å². The van der Waals surface area contributed by atoms with Crippen LogP contribution in [0.4, 0.5) is 0 Å². The van der Waals surface area contributed by atoms with Gasteiger partial charge in [0.2, 0.25) is 0 Å². The molecule has 0 aliphatic heterocycles. The normalized spacial score (nSPS) is 14.8. The fourth-order valence-corrected chi connectivity index (χ4v) is 4.54. The zero-order valence-electron chi connectivity index (χ0n) is 14.2. The van der Waals surface area contributed by atoms with Gasteiger partial charge in [0.05, 0.1) is 8.07 Å². The van der Waals surface area contributed by atoms with Crippen molar-refractivity contribution in [3.05, 3.63) is 12.2 Å². The third-order valence-electron chi connectivity index (χ3n) is 3.54. The summed E-state index contributed by atoms with van der Waals surface area (Å²) in [6.07, 6.45) is 4.55. The lowest BCUT2D eigenvalue weighted by Crippen LogP contribution is -2.53. The second-order valence-electron chi connectivity index (χ2n) is 8.18. The van der Waals surface area contributed by atoms with Gasteiger partial charge < -0.3 is 0 Å². The molecule has 0 aromatic rings. The summed E-state index contributed by atoms with van der Waals surface area (Å²) in [7, 11) is -1.07. The summed E-state index contributed by atoms with van der Waals surface area (Å²) >= 11 is 0. The summed E-state index contributed by atoms with van der Waals surface area (Å²) in [4.78, 5) is 2.66. The van der Waals surface area contributed by atoms with Crippen molar-refractivity contribution in [3.63, 3.8) is 0 Å². The Labute approximate surface area is 117 Å². The molecule has 2 heteroatoms. The standard InChI is InChI=1S/C16H35NSi/c1-10-11-13-18(8,9)14-12-17(15(2,3)4)16(5,6)7/h10-11H,12-14H2,1-9H3/b11-10+. The second-order valence-corrected chi connectivity index (χ2v) is 13.4. The lowest BCUT2D eigenvalue weighted by atomic mass is 9.96. The lowest BCUT2D eigenvalue weighted by molar-refractivity contribution is 0.0443. The number of allylic oxidation sites excluding steroid dienone is 2. The van der Waals surface area contributed by atoms with Crippen molar-refractivity contribution in [1.29, 1.82) is 0 Å². The van der Waals surface area contributed by atoms with Crippen LogP contribution in [0.15, 0.2) is 12.2 Å². The second kappa shape index (κ2) is 6.38. The molecular formula is C16H35NSi. The van der Waals surface area contributed by atoms with Crippen molar-refractivity contribution in [3.8, 4) is 0 Å². The molecule has 0 rings (SSSR count). The Balaban J connectivity index is 4.64. The highest BCUT2D eigenvalue weighted by Crippen LogP contribution is 2.27. The van der Waals surface area contributed by atoms with Crippen LogP contribution in [0.2, 0.25) is 25.2 Å². The van der Waals surface area contributed by atoms with Gasteiger partial charge in [0.1, 0.15) is 0 Å². The summed E-state index contributed by atoms with van der Waals surface area (Å²) in [5.41, 5.74) is 0.507. The molecule has 0 aromatic heterocycles. The van der Waals surface area contributed by atoms with Gasteiger partial charge in [-0.2, -0.15) is 0 Å². The third kappa shape index (κ3) is 6.74. The van der Waals surface area contributed by atoms with Crippen LogP contribution >= 0.6 is 0 Å². The summed E-state index contributed by atoms with van der Waals surface area (Å²) < 4.78 is 0. The zero-order valence-corrected chi connectivity index (χ0v) is 15.2. The molecule has 1 nitrogen and oxygen atoms in total. The molecule has 0 amide bonds. The van der Waals surface area contributed by atoms with E-state index >= 15 is 0 Å². The first-order valence-corrected chi connectivity index (χ1v) is 10.7. The minimum Gasteiger partial charge on any atom is -0.294 e. The van der Waals surface area contributed by atoms with E-state index in [2.05, 4.69) is 78.6 Å². The predicted molar refractivity (Wildman–Crippen MR) is 88.1 cm³/mol. The molecule has 0 unspecified atom stereocenters. The van der Waals surface area contributed by atoms with Crippen LogP contribution in [0.5, 0.6) is 0 Å². The zero-order chi connectivity index (χ0) is 14.6. The summed E-state index contributed by atoms with van der Waals surface area (Å²) in [5.74, 6) is 0. The topological polar surface area (TPSA) is 3.24 Å². The van der Waals surface area contributed by atoms with Crippen molar-refractivity contribution in [2.24, 2.45) is 0 Å². The monoisotopic (exact) mass is 269 g/mol. The highest BCUT2D eigenvalue weighted by Gasteiger charge is 2.32. The van der Waals surface area contributed by atoms with Crippen molar-refractivity contribution < 1.29 is 0 Å². The minimum atomic E-state index is -1.07. The SMILES string of the molecule is C/C=C/C[Si](C)(C)CCN(C(C)(C)C)C(C)(C)C. The van der Waals surface area contributed by atoms with Crippen molar-refractivity contribution >= 4 is 8.07 Å². The van der Waals surface area contributed by atoms with E-state index in [0.717, 1.165) is 0 Å². The van der Waals surface area contributed by atoms with Crippen LogP contribution in [-0.4, -0.2) is 30.6 Å². The first kappa shape index (κ1) is 17.9. The van der Waals surface area contributed by atoms with Gasteiger partial charge in [-0.25, -0.2) is 0 Å². The van der Waals surface area contributed by atoms with E-state index in [1.165, 1.54) is 18.6 Å². The third-order valence-corrected chi connectivity index (χ3v) is 6.46. The summed E-state index contributed by atoms with van der Waals surface area (Å²) in [5, 5.41) is 0. The van der Waals surface area contributed by atoms with Gasteiger partial charge in [-0.15, -0.1) is 0 Å². The highest BCUT2D eigenvalue weighted by atomic mass is 28.3. The van der Waals surface area contributed by atoms with E-state index in [-0.39, 0.29) is 11.1 Å². The fraction of sp³-hybridized carbons (Fsp3) is 0.875. The molecule has 0 atom stereocenters. The quantitative estimate of drug-likeness (QED) is 0.491. The Morgan fingerprint density at radius 1 is 0.944 bits per heavy atom. The number of rotatable bonds is 5. The predicted octanol–water partition coefficient (Wildman–Crippen LogP) is 5.17. The average molecular weight is 270 g/mol. The summed E-state index contributed by atoms with van der Waals surface area (Å²) in [6, 6.07) is 2.69. The largest absolute Gasteiger partial charge is 0.294 e. The van der Waals surface area contributed by atoms with Crippen LogP contribution in [-0.2, 0) is 0 Å². The molecule has 0 heterocycles. The van der Waals surface area contributed by atoms with Gasteiger partial charge in [-0.3, -0.25) is 4.90 Å². The van der Waals surface area contributed by atoms with Crippen LogP contribution < -0.4 is 0 Å². The van der Waals surface area contributed by atoms with Crippen LogP contribution in [0.3, 0.4) is 0 Å². The number of hydrogen-bond donors (Lipinski definition) is 0. The van der Waals surface area contributed by atoms with E-state index in [0.29, 0.717) is 0 Å². The maximum absolute atomic E-state index is 2.66. The van der Waals surface area contributed by atoms with Gasteiger partial charge >= 0.3 is 0 Å². The fourth-order valence-electron chi connectivity index (χ4n) is 2.63. The Morgan fingerprint density at radius 2 is 1.39 bits per heavy atom. The molecule has 0 bridgehead atoms. The number of hydrogen-bond acceptors (Lipinski definition) is 1. The molecule has 0 aromatic carbocycles. The van der Waals surface area contributed by atoms with Gasteiger partial charge in [-0.05, 0) is 67.1 Å². The Morgan fingerprint density at radius 3 is 1.72 bits per heavy atom. The molecule has 0 aliphatic rings. The Bertz CT molecular complexity index is 252. The maximum atomic E-state index is 2.66. The van der Waals surface area contributed by atoms with Crippen molar-refractivity contribution in [2.45, 2.75) is 84.7 Å². The van der Waals surface area contributed by atoms with Gasteiger partial charge in [-0.1, -0.05) is 25.2 Å². The van der Waals surface area contributed by atoms with Gasteiger partial charge in [0.15, 0.2) is 0 Å². The number of nitrogens with zero attached hydrogens (tertiary/aromatic N) is 1. The molecule has 0 fully saturated rings. The van der Waals surface area contributed by atoms with Crippen molar-refractivity contribution in [2.75, 3.05) is 6.54 Å². The molecule has 0 N–H and O–H groups in total. The van der Waals surface area contributed by atoms with Gasteiger partial charge in [0.25, 0.3) is 0 Å². The smallest absolute Gasteiger partial charge is 0.0523 e. The molecule has 108 valence electrons. The summed E-state index contributed by atoms with van der Waals surface area (Å²) in [6.45, 7) is 22.4. The van der Waals surface area contributed by atoms with Gasteiger partial charge in [0, 0.05) is 11.1 Å². The Hall–Kier alpha value is -0.0831. The average Bonchev–Trinajstić information content (AvgIpc) is 2.10. The molecule has 0 aliphatic carbocycles. The first-order valence-electron chi connectivity index (χ1n) is 7.29. The maximum Gasteiger partial charge on any atom is 0.0523 e. The molecule has 0 saturated heterocycles. The van der Waals surface area contributed by atoms with E-state index in [4.69, 9.17) is 0 Å². The van der Waals surface area contributed by atoms with E-state index in [1.807, 2.05) is 0 Å².